The summed E-state index contributed by atoms with van der Waals surface area (Å²) in [6.07, 6.45) is 4.09. The second-order valence-corrected chi connectivity index (χ2v) is 8.57. The molecule has 0 atom stereocenters. The van der Waals surface area contributed by atoms with Crippen molar-refractivity contribution < 1.29 is 18.4 Å². The number of aryl methyl sites for hydroxylation is 1. The third kappa shape index (κ3) is 3.21. The first-order valence-electron chi connectivity index (χ1n) is 11.0. The molecule has 0 unspecified atom stereocenters. The lowest BCUT2D eigenvalue weighted by atomic mass is 10.1. The standard InChI is InChI=1S/C25H18F2N6O2/c1-14-5-4-6-18(30-14)19-13-29-24-32(23(35)25(8-9-25)33(19)24)21-16(26)11-15(12-17(21)27)22(34)31-20-7-2-3-10-28-20/h2-7,10-13H,8-9H2,1H3,(H,28,31,34). The second-order valence-electron chi connectivity index (χ2n) is 8.57. The molecule has 3 aromatic heterocycles. The Labute approximate surface area is 198 Å². The summed E-state index contributed by atoms with van der Waals surface area (Å²) in [6.45, 7) is 1.85. The Balaban J connectivity index is 1.40. The maximum atomic E-state index is 15.3. The Morgan fingerprint density at radius 2 is 1.83 bits per heavy atom. The zero-order chi connectivity index (χ0) is 24.3. The van der Waals surface area contributed by atoms with E-state index in [1.807, 2.05) is 19.1 Å². The van der Waals surface area contributed by atoms with E-state index in [9.17, 15) is 9.59 Å². The molecule has 1 aromatic carbocycles. The highest BCUT2D eigenvalue weighted by Gasteiger charge is 2.62. The molecule has 0 bridgehead atoms. The summed E-state index contributed by atoms with van der Waals surface area (Å²) in [5.41, 5.74) is 0.261. The number of amides is 2. The molecule has 0 saturated heterocycles. The van der Waals surface area contributed by atoms with Gasteiger partial charge in [-0.25, -0.2) is 23.6 Å². The number of nitrogens with one attached hydrogen (secondary N) is 1. The lowest BCUT2D eigenvalue weighted by Gasteiger charge is -2.17. The average Bonchev–Trinajstić information content (AvgIpc) is 3.47. The molecule has 174 valence electrons. The normalized spacial score (nSPS) is 15.4. The largest absolute Gasteiger partial charge is 0.307 e. The maximum absolute atomic E-state index is 15.3. The molecule has 4 heterocycles. The van der Waals surface area contributed by atoms with Crippen molar-refractivity contribution in [1.29, 1.82) is 0 Å². The number of hydrogen-bond donors (Lipinski definition) is 1. The highest BCUT2D eigenvalue weighted by atomic mass is 19.1. The Kier molecular flexibility index (Phi) is 4.53. The van der Waals surface area contributed by atoms with Gasteiger partial charge in [0, 0.05) is 17.5 Å². The summed E-state index contributed by atoms with van der Waals surface area (Å²) < 4.78 is 32.3. The molecule has 1 aliphatic carbocycles. The first-order chi connectivity index (χ1) is 16.9. The van der Waals surface area contributed by atoms with Gasteiger partial charge in [0.05, 0.1) is 17.6 Å². The van der Waals surface area contributed by atoms with Gasteiger partial charge in [0.2, 0.25) is 5.95 Å². The summed E-state index contributed by atoms with van der Waals surface area (Å²) >= 11 is 0. The van der Waals surface area contributed by atoms with E-state index in [-0.39, 0.29) is 17.3 Å². The van der Waals surface area contributed by atoms with E-state index in [0.29, 0.717) is 24.2 Å². The monoisotopic (exact) mass is 472 g/mol. The molecule has 1 fully saturated rings. The minimum atomic E-state index is -1.05. The SMILES string of the molecule is Cc1cccc(-c2cnc3n2C2(CC2)C(=O)N3c2c(F)cc(C(=O)Nc3ccccn3)cc2F)n1. The molecule has 1 N–H and O–H groups in total. The smallest absolute Gasteiger partial charge is 0.260 e. The molecule has 6 rings (SSSR count). The summed E-state index contributed by atoms with van der Waals surface area (Å²) in [7, 11) is 0. The van der Waals surface area contributed by atoms with Gasteiger partial charge in [-0.2, -0.15) is 0 Å². The van der Waals surface area contributed by atoms with E-state index >= 15 is 8.78 Å². The molecular formula is C25H18F2N6O2. The van der Waals surface area contributed by atoms with Crippen LogP contribution in [0.5, 0.6) is 0 Å². The topological polar surface area (TPSA) is 93.0 Å². The van der Waals surface area contributed by atoms with Gasteiger partial charge in [0.1, 0.15) is 17.0 Å². The van der Waals surface area contributed by atoms with Crippen molar-refractivity contribution in [3.63, 3.8) is 0 Å². The number of imidazole rings is 1. The first kappa shape index (κ1) is 21.1. The fourth-order valence-corrected chi connectivity index (χ4v) is 4.48. The van der Waals surface area contributed by atoms with Gasteiger partial charge in [-0.1, -0.05) is 12.1 Å². The van der Waals surface area contributed by atoms with Crippen LogP contribution in [0.15, 0.2) is 60.9 Å². The number of anilines is 3. The minimum Gasteiger partial charge on any atom is -0.307 e. The van der Waals surface area contributed by atoms with Crippen molar-refractivity contribution in [1.82, 2.24) is 19.5 Å². The number of rotatable bonds is 4. The maximum Gasteiger partial charge on any atom is 0.260 e. The summed E-state index contributed by atoms with van der Waals surface area (Å²) in [6, 6.07) is 12.2. The van der Waals surface area contributed by atoms with Crippen LogP contribution >= 0.6 is 0 Å². The van der Waals surface area contributed by atoms with Crippen LogP contribution in [0.3, 0.4) is 0 Å². The number of hydrogen-bond acceptors (Lipinski definition) is 5. The number of benzene rings is 1. The van der Waals surface area contributed by atoms with E-state index in [1.54, 1.807) is 35.0 Å². The van der Waals surface area contributed by atoms with E-state index in [4.69, 9.17) is 0 Å². The van der Waals surface area contributed by atoms with Crippen LogP contribution < -0.4 is 10.2 Å². The van der Waals surface area contributed by atoms with Crippen LogP contribution in [0.25, 0.3) is 11.4 Å². The van der Waals surface area contributed by atoms with Gasteiger partial charge >= 0.3 is 0 Å². The molecule has 1 aliphatic heterocycles. The van der Waals surface area contributed by atoms with E-state index < -0.39 is 34.7 Å². The van der Waals surface area contributed by atoms with E-state index in [1.165, 1.54) is 6.20 Å². The van der Waals surface area contributed by atoms with Crippen LogP contribution in [0.4, 0.5) is 26.2 Å². The highest BCUT2D eigenvalue weighted by molar-refractivity contribution is 6.10. The predicted octanol–water partition coefficient (Wildman–Crippen LogP) is 4.35. The zero-order valence-corrected chi connectivity index (χ0v) is 18.5. The predicted molar refractivity (Wildman–Crippen MR) is 123 cm³/mol. The average molecular weight is 472 g/mol. The zero-order valence-electron chi connectivity index (χ0n) is 18.5. The molecule has 1 saturated carbocycles. The number of aromatic nitrogens is 4. The summed E-state index contributed by atoms with van der Waals surface area (Å²) in [5.74, 6) is -2.92. The number of nitrogens with zero attached hydrogens (tertiary/aromatic N) is 5. The van der Waals surface area contributed by atoms with E-state index in [2.05, 4.69) is 20.3 Å². The molecule has 0 radical (unpaired) electrons. The van der Waals surface area contributed by atoms with Gasteiger partial charge in [0.15, 0.2) is 11.6 Å². The molecule has 8 nitrogen and oxygen atoms in total. The van der Waals surface area contributed by atoms with E-state index in [0.717, 1.165) is 22.7 Å². The Morgan fingerprint density at radius 3 is 2.49 bits per heavy atom. The van der Waals surface area contributed by atoms with Crippen LogP contribution in [-0.4, -0.2) is 31.3 Å². The fourth-order valence-electron chi connectivity index (χ4n) is 4.48. The number of pyridine rings is 2. The lowest BCUT2D eigenvalue weighted by Crippen LogP contribution is -2.31. The molecule has 4 aromatic rings. The van der Waals surface area contributed by atoms with Gasteiger partial charge in [-0.05, 0) is 56.2 Å². The second kappa shape index (κ2) is 7.52. The van der Waals surface area contributed by atoms with Crippen LogP contribution in [0, 0.1) is 18.6 Å². The van der Waals surface area contributed by atoms with Crippen molar-refractivity contribution in [3.05, 3.63) is 83.8 Å². The summed E-state index contributed by atoms with van der Waals surface area (Å²) in [5, 5.41) is 2.49. The first-order valence-corrected chi connectivity index (χ1v) is 11.0. The minimum absolute atomic E-state index is 0.120. The quantitative estimate of drug-likeness (QED) is 0.477. The molecule has 2 amide bonds. The van der Waals surface area contributed by atoms with Crippen LogP contribution in [0.1, 0.15) is 28.9 Å². The number of halogens is 2. The van der Waals surface area contributed by atoms with Gasteiger partial charge in [-0.15, -0.1) is 0 Å². The third-order valence-electron chi connectivity index (χ3n) is 6.26. The van der Waals surface area contributed by atoms with Crippen molar-refractivity contribution in [2.24, 2.45) is 0 Å². The van der Waals surface area contributed by atoms with Crippen molar-refractivity contribution in [2.45, 2.75) is 25.3 Å². The van der Waals surface area contributed by atoms with Crippen molar-refractivity contribution in [3.8, 4) is 11.4 Å². The molecular weight excluding hydrogens is 454 g/mol. The summed E-state index contributed by atoms with van der Waals surface area (Å²) in [4.78, 5) is 39.8. The van der Waals surface area contributed by atoms with Crippen molar-refractivity contribution >= 4 is 29.3 Å². The third-order valence-corrected chi connectivity index (χ3v) is 6.26. The molecule has 10 heteroatoms. The lowest BCUT2D eigenvalue weighted by molar-refractivity contribution is -0.120. The molecule has 2 aliphatic rings. The Morgan fingerprint density at radius 1 is 1.06 bits per heavy atom. The Hall–Kier alpha value is -4.47. The van der Waals surface area contributed by atoms with Crippen LogP contribution in [-0.2, 0) is 10.3 Å². The molecule has 1 spiro atoms. The van der Waals surface area contributed by atoms with Crippen LogP contribution in [0.2, 0.25) is 0 Å². The number of carbonyl (C=O) groups excluding carboxylic acids is 2. The highest BCUT2D eigenvalue weighted by Crippen LogP contribution is 2.56. The Bertz CT molecular complexity index is 1490. The molecule has 35 heavy (non-hydrogen) atoms. The van der Waals surface area contributed by atoms with Gasteiger partial charge < -0.3 is 5.32 Å². The number of fused-ring (bicyclic) bond motifs is 2. The number of carbonyl (C=O) groups is 2. The fraction of sp³-hybridized carbons (Fsp3) is 0.160. The van der Waals surface area contributed by atoms with Crippen molar-refractivity contribution in [2.75, 3.05) is 10.2 Å². The van der Waals surface area contributed by atoms with Gasteiger partial charge in [-0.3, -0.25) is 19.1 Å². The van der Waals surface area contributed by atoms with Gasteiger partial charge in [0.25, 0.3) is 11.8 Å².